The number of carbonyl (C=O) groups excluding carboxylic acids is 1. The van der Waals surface area contributed by atoms with E-state index in [-0.39, 0.29) is 17.3 Å². The molecule has 0 aliphatic carbocycles. The van der Waals surface area contributed by atoms with Crippen molar-refractivity contribution >= 4 is 33.7 Å². The summed E-state index contributed by atoms with van der Waals surface area (Å²) in [6, 6.07) is 9.95. The number of benzene rings is 1. The predicted octanol–water partition coefficient (Wildman–Crippen LogP) is 4.10. The molecule has 7 heteroatoms. The largest absolute Gasteiger partial charge is 0.307 e. The fraction of sp³-hybridized carbons (Fsp3) is 0.278. The van der Waals surface area contributed by atoms with Crippen LogP contribution in [-0.4, -0.2) is 15.5 Å². The molecular formula is C18H19N3O2S2. The molecule has 25 heavy (non-hydrogen) atoms. The van der Waals surface area contributed by atoms with Crippen molar-refractivity contribution in [3.8, 4) is 11.3 Å². The average molecular weight is 374 g/mol. The van der Waals surface area contributed by atoms with Gasteiger partial charge >= 0.3 is 4.87 Å². The van der Waals surface area contributed by atoms with Crippen LogP contribution in [0.1, 0.15) is 30.3 Å². The van der Waals surface area contributed by atoms with Gasteiger partial charge in [0.2, 0.25) is 5.91 Å². The smallest absolute Gasteiger partial charge is 0.300 e. The van der Waals surface area contributed by atoms with Crippen molar-refractivity contribution in [1.82, 2.24) is 9.55 Å². The van der Waals surface area contributed by atoms with E-state index in [1.807, 2.05) is 37.3 Å². The Bertz CT molecular complexity index is 939. The first kappa shape index (κ1) is 17.6. The Hall–Kier alpha value is -2.25. The molecule has 0 radical (unpaired) electrons. The highest BCUT2D eigenvalue weighted by Gasteiger charge is 2.17. The molecule has 1 aromatic carbocycles. The van der Waals surface area contributed by atoms with Crippen LogP contribution >= 0.6 is 22.7 Å². The zero-order valence-corrected chi connectivity index (χ0v) is 15.9. The lowest BCUT2D eigenvalue weighted by molar-refractivity contribution is -0.116. The van der Waals surface area contributed by atoms with E-state index in [1.165, 1.54) is 15.9 Å². The molecule has 0 aliphatic rings. The number of rotatable bonds is 5. The fourth-order valence-corrected chi connectivity index (χ4v) is 4.22. The summed E-state index contributed by atoms with van der Waals surface area (Å²) < 4.78 is 1.47. The lowest BCUT2D eigenvalue weighted by atomic mass is 10.1. The summed E-state index contributed by atoms with van der Waals surface area (Å²) in [7, 11) is 0. The predicted molar refractivity (Wildman–Crippen MR) is 104 cm³/mol. The minimum absolute atomic E-state index is 0.00539. The van der Waals surface area contributed by atoms with Gasteiger partial charge in [0.25, 0.3) is 0 Å². The number of nitrogens with one attached hydrogen (secondary N) is 1. The summed E-state index contributed by atoms with van der Waals surface area (Å²) >= 11 is 2.59. The van der Waals surface area contributed by atoms with Crippen LogP contribution in [0.15, 0.2) is 40.5 Å². The summed E-state index contributed by atoms with van der Waals surface area (Å²) in [6.07, 6.45) is 0. The number of aryl methyl sites for hydroxylation is 1. The molecule has 0 unspecified atom stereocenters. The van der Waals surface area contributed by atoms with Crippen molar-refractivity contribution in [2.45, 2.75) is 33.2 Å². The van der Waals surface area contributed by atoms with Crippen LogP contribution in [0.25, 0.3) is 11.3 Å². The van der Waals surface area contributed by atoms with E-state index in [4.69, 9.17) is 0 Å². The molecule has 0 saturated carbocycles. The molecule has 130 valence electrons. The van der Waals surface area contributed by atoms with Crippen LogP contribution in [0, 0.1) is 6.92 Å². The van der Waals surface area contributed by atoms with Crippen molar-refractivity contribution < 1.29 is 4.79 Å². The Labute approximate surface area is 154 Å². The van der Waals surface area contributed by atoms with Gasteiger partial charge in [-0.25, -0.2) is 4.98 Å². The van der Waals surface area contributed by atoms with E-state index >= 15 is 0 Å². The zero-order chi connectivity index (χ0) is 18.0. The maximum atomic E-state index is 12.3. The van der Waals surface area contributed by atoms with Crippen molar-refractivity contribution in [2.75, 3.05) is 5.32 Å². The van der Waals surface area contributed by atoms with Crippen LogP contribution < -0.4 is 10.2 Å². The maximum absolute atomic E-state index is 12.3. The molecule has 1 N–H and O–H groups in total. The van der Waals surface area contributed by atoms with E-state index in [2.05, 4.69) is 24.1 Å². The molecule has 2 heterocycles. The zero-order valence-electron chi connectivity index (χ0n) is 14.3. The highest BCUT2D eigenvalue weighted by Crippen LogP contribution is 2.36. The lowest BCUT2D eigenvalue weighted by Crippen LogP contribution is -2.25. The Morgan fingerprint density at radius 2 is 2.00 bits per heavy atom. The van der Waals surface area contributed by atoms with Crippen molar-refractivity contribution in [3.05, 3.63) is 56.0 Å². The van der Waals surface area contributed by atoms with Crippen LogP contribution in [-0.2, 0) is 11.3 Å². The Morgan fingerprint density at radius 3 is 2.60 bits per heavy atom. The molecule has 0 spiro atoms. The highest BCUT2D eigenvalue weighted by molar-refractivity contribution is 7.16. The first-order chi connectivity index (χ1) is 12.0. The Morgan fingerprint density at radius 1 is 1.28 bits per heavy atom. The third kappa shape index (κ3) is 3.88. The number of carbonyl (C=O) groups is 1. The highest BCUT2D eigenvalue weighted by atomic mass is 32.1. The van der Waals surface area contributed by atoms with E-state index in [9.17, 15) is 9.59 Å². The molecule has 0 aliphatic heterocycles. The molecule has 0 fully saturated rings. The van der Waals surface area contributed by atoms with Gasteiger partial charge in [-0.15, -0.1) is 11.3 Å². The van der Waals surface area contributed by atoms with E-state index in [0.29, 0.717) is 11.0 Å². The number of hydrogen-bond acceptors (Lipinski definition) is 5. The van der Waals surface area contributed by atoms with E-state index in [0.717, 1.165) is 33.2 Å². The molecule has 1 amide bonds. The topological polar surface area (TPSA) is 64.0 Å². The minimum Gasteiger partial charge on any atom is -0.300 e. The van der Waals surface area contributed by atoms with Crippen molar-refractivity contribution in [2.24, 2.45) is 0 Å². The molecule has 2 aromatic heterocycles. The van der Waals surface area contributed by atoms with Crippen molar-refractivity contribution in [1.29, 1.82) is 0 Å². The third-order valence-electron chi connectivity index (χ3n) is 3.75. The monoisotopic (exact) mass is 373 g/mol. The van der Waals surface area contributed by atoms with Gasteiger partial charge in [0.15, 0.2) is 5.13 Å². The average Bonchev–Trinajstić information content (AvgIpc) is 3.14. The standard InChI is InChI=1S/C18H19N3O2S2/c1-11(2)16-15(13-7-5-4-6-8-13)20-17(25-16)19-14(22)9-21-12(3)10-24-18(21)23/h4-8,10-11H,9H2,1-3H3,(H,19,20,22). The van der Waals surface area contributed by atoms with E-state index < -0.39 is 0 Å². The van der Waals surface area contributed by atoms with Gasteiger partial charge in [-0.05, 0) is 12.8 Å². The number of hydrogen-bond donors (Lipinski definition) is 1. The molecule has 0 saturated heterocycles. The quantitative estimate of drug-likeness (QED) is 0.732. The Balaban J connectivity index is 1.83. The summed E-state index contributed by atoms with van der Waals surface area (Å²) in [6.45, 7) is 6.05. The SMILES string of the molecule is Cc1csc(=O)n1CC(=O)Nc1nc(-c2ccccc2)c(C(C)C)s1. The summed E-state index contributed by atoms with van der Waals surface area (Å²) in [5, 5.41) is 5.15. The van der Waals surface area contributed by atoms with E-state index in [1.54, 1.807) is 5.38 Å². The fourth-order valence-electron chi connectivity index (χ4n) is 2.48. The normalized spacial score (nSPS) is 11.0. The first-order valence-corrected chi connectivity index (χ1v) is 9.66. The molecular weight excluding hydrogens is 354 g/mol. The number of nitrogens with zero attached hydrogens (tertiary/aromatic N) is 2. The van der Waals surface area contributed by atoms with Gasteiger partial charge in [-0.2, -0.15) is 0 Å². The summed E-state index contributed by atoms with van der Waals surface area (Å²) in [5.41, 5.74) is 2.73. The van der Waals surface area contributed by atoms with Crippen LogP contribution in [0.2, 0.25) is 0 Å². The van der Waals surface area contributed by atoms with Gasteiger partial charge < -0.3 is 5.32 Å². The van der Waals surface area contributed by atoms with Crippen molar-refractivity contribution in [3.63, 3.8) is 0 Å². The second-order valence-electron chi connectivity index (χ2n) is 6.03. The molecule has 3 aromatic rings. The summed E-state index contributed by atoms with van der Waals surface area (Å²) in [4.78, 5) is 29.7. The van der Waals surface area contributed by atoms with Crippen LogP contribution in [0.4, 0.5) is 5.13 Å². The molecule has 0 atom stereocenters. The van der Waals surface area contributed by atoms with Crippen LogP contribution in [0.3, 0.4) is 0 Å². The number of amides is 1. The van der Waals surface area contributed by atoms with Gasteiger partial charge in [0, 0.05) is 21.5 Å². The van der Waals surface area contributed by atoms with Crippen LogP contribution in [0.5, 0.6) is 0 Å². The first-order valence-electron chi connectivity index (χ1n) is 7.96. The molecule has 3 rings (SSSR count). The number of anilines is 1. The second kappa shape index (κ2) is 7.33. The second-order valence-corrected chi connectivity index (χ2v) is 7.88. The maximum Gasteiger partial charge on any atom is 0.307 e. The van der Waals surface area contributed by atoms with Gasteiger partial charge in [-0.3, -0.25) is 14.2 Å². The lowest BCUT2D eigenvalue weighted by Gasteiger charge is -2.04. The Kier molecular flexibility index (Phi) is 5.15. The number of thiazole rings is 2. The van der Waals surface area contributed by atoms with Gasteiger partial charge in [0.05, 0.1) is 5.69 Å². The summed E-state index contributed by atoms with van der Waals surface area (Å²) in [5.74, 6) is 0.0624. The van der Waals surface area contributed by atoms with Gasteiger partial charge in [-0.1, -0.05) is 55.5 Å². The number of aromatic nitrogens is 2. The third-order valence-corrected chi connectivity index (χ3v) is 5.90. The minimum atomic E-state index is -0.243. The molecule has 0 bridgehead atoms. The van der Waals surface area contributed by atoms with Gasteiger partial charge in [0.1, 0.15) is 6.54 Å². The molecule has 5 nitrogen and oxygen atoms in total.